The largest absolute Gasteiger partial charge is 0.435 e. The summed E-state index contributed by atoms with van der Waals surface area (Å²) in [6.07, 6.45) is -3.51. The molecule has 0 aromatic rings. The molecule has 4 atom stereocenters. The Morgan fingerprint density at radius 2 is 1.84 bits per heavy atom. The first kappa shape index (κ1) is 20.2. The van der Waals surface area contributed by atoms with Crippen LogP contribution in [0, 0.1) is 0 Å². The predicted octanol–water partition coefficient (Wildman–Crippen LogP) is 2.78. The normalized spacial score (nSPS) is 32.2. The molecule has 0 aliphatic carbocycles. The van der Waals surface area contributed by atoms with Gasteiger partial charge in [0.2, 0.25) is 6.23 Å². The molecular weight excluding hydrogens is 344 g/mol. The maximum atomic E-state index is 12.3. The Bertz CT molecular complexity index is 584. The minimum Gasteiger partial charge on any atom is -0.435 e. The zero-order valence-corrected chi connectivity index (χ0v) is 17.2. The van der Waals surface area contributed by atoms with Crippen molar-refractivity contribution in [3.63, 3.8) is 0 Å². The lowest BCUT2D eigenvalue weighted by Gasteiger charge is -2.41. The summed E-state index contributed by atoms with van der Waals surface area (Å²) >= 11 is 0. The quantitative estimate of drug-likeness (QED) is 0.558. The number of amides is 1. The van der Waals surface area contributed by atoms with Gasteiger partial charge in [0.15, 0.2) is 20.2 Å². The number of esters is 1. The average Bonchev–Trinajstić information content (AvgIpc) is 2.70. The molecule has 1 saturated heterocycles. The van der Waals surface area contributed by atoms with Crippen LogP contribution in [0.4, 0.5) is 0 Å². The lowest BCUT2D eigenvalue weighted by Crippen LogP contribution is -2.54. The standard InChI is InChI=1S/C16H28N2O6Si/c1-9(19)21-14-12(24-25(7,8)15(2,3)4)10-11(13(20)17-18-14)23-16(5,6)22-10/h10-12,14H,1-8H3/t10-,11+,12-,14+/m0/s1. The van der Waals surface area contributed by atoms with Crippen molar-refractivity contribution in [2.24, 2.45) is 10.2 Å². The van der Waals surface area contributed by atoms with Gasteiger partial charge in [0, 0.05) is 6.92 Å². The Kier molecular flexibility index (Phi) is 5.26. The van der Waals surface area contributed by atoms with E-state index in [1.165, 1.54) is 6.92 Å². The van der Waals surface area contributed by atoms with Gasteiger partial charge in [-0.3, -0.25) is 9.59 Å². The number of fused-ring (bicyclic) bond motifs is 1. The zero-order chi connectivity index (χ0) is 19.2. The lowest BCUT2D eigenvalue weighted by atomic mass is 10.1. The molecule has 1 amide bonds. The van der Waals surface area contributed by atoms with Gasteiger partial charge < -0.3 is 18.6 Å². The van der Waals surface area contributed by atoms with Crippen molar-refractivity contribution >= 4 is 20.2 Å². The van der Waals surface area contributed by atoms with Crippen molar-refractivity contribution in [2.75, 3.05) is 0 Å². The van der Waals surface area contributed by atoms with Crippen molar-refractivity contribution in [2.45, 2.75) is 90.0 Å². The average molecular weight is 372 g/mol. The molecule has 0 unspecified atom stereocenters. The molecule has 0 aromatic heterocycles. The number of azo groups is 1. The fourth-order valence-corrected chi connectivity index (χ4v) is 3.81. The molecule has 0 bridgehead atoms. The first-order valence-corrected chi connectivity index (χ1v) is 11.3. The number of rotatable bonds is 3. The van der Waals surface area contributed by atoms with E-state index in [4.69, 9.17) is 18.6 Å². The molecule has 0 aromatic carbocycles. The molecule has 25 heavy (non-hydrogen) atoms. The van der Waals surface area contributed by atoms with E-state index < -0.39 is 50.5 Å². The van der Waals surface area contributed by atoms with Crippen LogP contribution in [0.2, 0.25) is 18.1 Å². The van der Waals surface area contributed by atoms with Gasteiger partial charge in [-0.2, -0.15) is 0 Å². The maximum absolute atomic E-state index is 12.3. The van der Waals surface area contributed by atoms with E-state index in [1.54, 1.807) is 13.8 Å². The molecular formula is C16H28N2O6Si. The predicted molar refractivity (Wildman–Crippen MR) is 91.3 cm³/mol. The molecule has 1 fully saturated rings. The smallest absolute Gasteiger partial charge is 0.304 e. The molecule has 142 valence electrons. The van der Waals surface area contributed by atoms with Crippen molar-refractivity contribution in [1.29, 1.82) is 0 Å². The zero-order valence-electron chi connectivity index (χ0n) is 16.2. The van der Waals surface area contributed by atoms with Gasteiger partial charge in [0.1, 0.15) is 12.2 Å². The third kappa shape index (κ3) is 4.33. The second-order valence-electron chi connectivity index (χ2n) is 8.42. The molecule has 2 rings (SSSR count). The number of hydrogen-bond acceptors (Lipinski definition) is 7. The lowest BCUT2D eigenvalue weighted by molar-refractivity contribution is -0.172. The Balaban J connectivity index is 2.42. The van der Waals surface area contributed by atoms with Crippen LogP contribution in [0.25, 0.3) is 0 Å². The highest BCUT2D eigenvalue weighted by molar-refractivity contribution is 6.74. The van der Waals surface area contributed by atoms with Crippen LogP contribution in [0.3, 0.4) is 0 Å². The number of nitrogens with zero attached hydrogens (tertiary/aromatic N) is 2. The van der Waals surface area contributed by atoms with Gasteiger partial charge >= 0.3 is 5.97 Å². The number of ether oxygens (including phenoxy) is 3. The molecule has 8 nitrogen and oxygen atoms in total. The van der Waals surface area contributed by atoms with Gasteiger partial charge in [-0.1, -0.05) is 20.8 Å². The van der Waals surface area contributed by atoms with E-state index in [0.717, 1.165) is 0 Å². The molecule has 0 N–H and O–H groups in total. The number of hydrogen-bond donors (Lipinski definition) is 0. The van der Waals surface area contributed by atoms with Gasteiger partial charge in [0.25, 0.3) is 5.91 Å². The van der Waals surface area contributed by atoms with Crippen LogP contribution in [0.1, 0.15) is 41.5 Å². The van der Waals surface area contributed by atoms with E-state index in [1.807, 2.05) is 0 Å². The first-order chi connectivity index (χ1) is 11.2. The Hall–Kier alpha value is -1.16. The van der Waals surface area contributed by atoms with Crippen molar-refractivity contribution in [3.8, 4) is 0 Å². The second kappa shape index (κ2) is 6.53. The second-order valence-corrected chi connectivity index (χ2v) is 13.2. The van der Waals surface area contributed by atoms with Crippen LogP contribution < -0.4 is 0 Å². The number of carbonyl (C=O) groups is 2. The molecule has 9 heteroatoms. The van der Waals surface area contributed by atoms with E-state index in [0.29, 0.717) is 0 Å². The minimum absolute atomic E-state index is 0.0916. The molecule has 2 aliphatic heterocycles. The summed E-state index contributed by atoms with van der Waals surface area (Å²) in [6.45, 7) is 15.1. The van der Waals surface area contributed by atoms with Crippen LogP contribution in [0.5, 0.6) is 0 Å². The summed E-state index contributed by atoms with van der Waals surface area (Å²) in [5.41, 5.74) is 0. The van der Waals surface area contributed by atoms with E-state index >= 15 is 0 Å². The summed E-state index contributed by atoms with van der Waals surface area (Å²) in [5, 5.41) is 7.45. The van der Waals surface area contributed by atoms with E-state index in [2.05, 4.69) is 44.1 Å². The van der Waals surface area contributed by atoms with Crippen LogP contribution in [0.15, 0.2) is 10.2 Å². The highest BCUT2D eigenvalue weighted by Gasteiger charge is 2.55. The van der Waals surface area contributed by atoms with Gasteiger partial charge in [-0.15, -0.1) is 10.2 Å². The molecule has 0 spiro atoms. The summed E-state index contributed by atoms with van der Waals surface area (Å²) in [6, 6.07) is 0. The topological polar surface area (TPSA) is 95.8 Å². The Morgan fingerprint density at radius 3 is 2.36 bits per heavy atom. The summed E-state index contributed by atoms with van der Waals surface area (Å²) < 4.78 is 23.3. The third-order valence-electron chi connectivity index (χ3n) is 4.77. The van der Waals surface area contributed by atoms with Gasteiger partial charge in [-0.05, 0) is 32.0 Å². The molecule has 2 heterocycles. The Morgan fingerprint density at radius 1 is 1.24 bits per heavy atom. The maximum Gasteiger partial charge on any atom is 0.304 e. The molecule has 0 radical (unpaired) electrons. The van der Waals surface area contributed by atoms with Gasteiger partial charge in [-0.25, -0.2) is 0 Å². The Labute approximate surface area is 149 Å². The minimum atomic E-state index is -2.28. The van der Waals surface area contributed by atoms with Crippen molar-refractivity contribution in [3.05, 3.63) is 0 Å². The summed E-state index contributed by atoms with van der Waals surface area (Å²) in [4.78, 5) is 23.8. The summed E-state index contributed by atoms with van der Waals surface area (Å²) in [7, 11) is -2.28. The monoisotopic (exact) mass is 372 g/mol. The van der Waals surface area contributed by atoms with Crippen LogP contribution in [-0.4, -0.2) is 50.5 Å². The van der Waals surface area contributed by atoms with Crippen molar-refractivity contribution < 1.29 is 28.2 Å². The SMILES string of the molecule is CC(=O)O[C@H]1N=NC(=O)[C@@H]2OC(C)(C)O[C@@H]2[C@@H]1O[Si](C)(C)C(C)(C)C. The van der Waals surface area contributed by atoms with Crippen LogP contribution in [-0.2, 0) is 28.2 Å². The van der Waals surface area contributed by atoms with Crippen molar-refractivity contribution in [1.82, 2.24) is 0 Å². The number of carbonyl (C=O) groups excluding carboxylic acids is 2. The first-order valence-electron chi connectivity index (χ1n) is 8.39. The fraction of sp³-hybridized carbons (Fsp3) is 0.875. The van der Waals surface area contributed by atoms with E-state index in [-0.39, 0.29) is 5.04 Å². The van der Waals surface area contributed by atoms with Crippen LogP contribution >= 0.6 is 0 Å². The highest BCUT2D eigenvalue weighted by Crippen LogP contribution is 2.41. The highest BCUT2D eigenvalue weighted by atomic mass is 28.4. The molecule has 2 aliphatic rings. The van der Waals surface area contributed by atoms with E-state index in [9.17, 15) is 9.59 Å². The van der Waals surface area contributed by atoms with Gasteiger partial charge in [0.05, 0.1) is 0 Å². The third-order valence-corrected chi connectivity index (χ3v) is 9.24. The fourth-order valence-electron chi connectivity index (χ4n) is 2.52. The molecule has 0 saturated carbocycles. The summed E-state index contributed by atoms with van der Waals surface area (Å²) in [5.74, 6) is -2.06.